The number of aryl methyl sites for hydroxylation is 1. The van der Waals surface area contributed by atoms with Crippen LogP contribution in [0.3, 0.4) is 0 Å². The maximum Gasteiger partial charge on any atom is 0.161 e. The second-order valence-electron chi connectivity index (χ2n) is 4.85. The highest BCUT2D eigenvalue weighted by Gasteiger charge is 2.22. The highest BCUT2D eigenvalue weighted by Crippen LogP contribution is 2.31. The van der Waals surface area contributed by atoms with Gasteiger partial charge in [0, 0.05) is 18.4 Å². The minimum atomic E-state index is -0.298. The molecular weight excluding hydrogens is 240 g/mol. The van der Waals surface area contributed by atoms with Crippen LogP contribution in [-0.2, 0) is 0 Å². The van der Waals surface area contributed by atoms with Crippen LogP contribution in [-0.4, -0.2) is 21.9 Å². The second kappa shape index (κ2) is 5.40. The van der Waals surface area contributed by atoms with Gasteiger partial charge in [0.15, 0.2) is 5.75 Å². The van der Waals surface area contributed by atoms with Gasteiger partial charge in [0.2, 0.25) is 0 Å². The van der Waals surface area contributed by atoms with Gasteiger partial charge in [0.25, 0.3) is 0 Å². The van der Waals surface area contributed by atoms with Gasteiger partial charge in [-0.25, -0.2) is 0 Å². The highest BCUT2D eigenvalue weighted by atomic mass is 16.5. The Morgan fingerprint density at radius 3 is 2.63 bits per heavy atom. The van der Waals surface area contributed by atoms with E-state index in [1.807, 2.05) is 17.7 Å². The van der Waals surface area contributed by atoms with Gasteiger partial charge in [0.1, 0.15) is 5.69 Å². The van der Waals surface area contributed by atoms with Crippen LogP contribution in [0.2, 0.25) is 0 Å². The van der Waals surface area contributed by atoms with Crippen LogP contribution >= 0.6 is 0 Å². The molecule has 0 spiro atoms. The van der Waals surface area contributed by atoms with Gasteiger partial charge in [-0.1, -0.05) is 0 Å². The molecule has 2 heterocycles. The summed E-state index contributed by atoms with van der Waals surface area (Å²) in [6.45, 7) is 6.16. The summed E-state index contributed by atoms with van der Waals surface area (Å²) in [6.07, 6.45) is 5.28. The molecule has 0 aliphatic rings. The lowest BCUT2D eigenvalue weighted by Gasteiger charge is -2.19. The molecule has 0 amide bonds. The van der Waals surface area contributed by atoms with E-state index in [2.05, 4.69) is 23.9 Å². The van der Waals surface area contributed by atoms with E-state index < -0.39 is 0 Å². The van der Waals surface area contributed by atoms with Crippen LogP contribution in [0, 0.1) is 6.92 Å². The Bertz CT molecular complexity index is 562. The highest BCUT2D eigenvalue weighted by molar-refractivity contribution is 5.38. The van der Waals surface area contributed by atoms with E-state index in [-0.39, 0.29) is 12.1 Å². The summed E-state index contributed by atoms with van der Waals surface area (Å²) in [5.74, 6) is 0.712. The molecule has 5 nitrogen and oxygen atoms in total. The predicted molar refractivity (Wildman–Crippen MR) is 74.2 cm³/mol. The van der Waals surface area contributed by atoms with Crippen molar-refractivity contribution in [1.82, 2.24) is 14.8 Å². The number of methoxy groups -OCH3 is 1. The molecule has 19 heavy (non-hydrogen) atoms. The van der Waals surface area contributed by atoms with Crippen molar-refractivity contribution in [2.75, 3.05) is 7.11 Å². The summed E-state index contributed by atoms with van der Waals surface area (Å²) in [4.78, 5) is 4.16. The first-order valence-corrected chi connectivity index (χ1v) is 6.33. The molecule has 5 heteroatoms. The van der Waals surface area contributed by atoms with Crippen molar-refractivity contribution in [2.24, 2.45) is 5.73 Å². The van der Waals surface area contributed by atoms with E-state index in [9.17, 15) is 0 Å². The van der Waals surface area contributed by atoms with Crippen LogP contribution in [0.4, 0.5) is 0 Å². The van der Waals surface area contributed by atoms with Crippen LogP contribution in [0.5, 0.6) is 5.75 Å². The number of ether oxygens (including phenoxy) is 1. The minimum absolute atomic E-state index is 0.224. The van der Waals surface area contributed by atoms with Crippen molar-refractivity contribution in [3.63, 3.8) is 0 Å². The third-order valence-corrected chi connectivity index (χ3v) is 3.22. The van der Waals surface area contributed by atoms with Gasteiger partial charge in [0.05, 0.1) is 19.3 Å². The molecule has 2 aromatic heterocycles. The minimum Gasteiger partial charge on any atom is -0.493 e. The van der Waals surface area contributed by atoms with Crippen molar-refractivity contribution < 1.29 is 4.74 Å². The number of pyridine rings is 1. The largest absolute Gasteiger partial charge is 0.493 e. The lowest BCUT2D eigenvalue weighted by Crippen LogP contribution is -2.20. The van der Waals surface area contributed by atoms with Crippen molar-refractivity contribution in [3.05, 3.63) is 41.5 Å². The zero-order valence-electron chi connectivity index (χ0n) is 11.8. The summed E-state index contributed by atoms with van der Waals surface area (Å²) in [7, 11) is 1.63. The molecule has 2 rings (SSSR count). The summed E-state index contributed by atoms with van der Waals surface area (Å²) in [5, 5.41) is 4.35. The Hall–Kier alpha value is -1.88. The van der Waals surface area contributed by atoms with E-state index in [1.165, 1.54) is 0 Å². The molecule has 0 aromatic carbocycles. The molecule has 0 aliphatic carbocycles. The third kappa shape index (κ3) is 2.46. The van der Waals surface area contributed by atoms with E-state index in [0.717, 1.165) is 16.8 Å². The zero-order valence-corrected chi connectivity index (χ0v) is 11.8. The Kier molecular flexibility index (Phi) is 3.85. The normalized spacial score (nSPS) is 12.7. The number of hydrogen-bond donors (Lipinski definition) is 1. The molecule has 1 unspecified atom stereocenters. The molecule has 1 atom stereocenters. The van der Waals surface area contributed by atoms with Crippen molar-refractivity contribution in [2.45, 2.75) is 32.9 Å². The van der Waals surface area contributed by atoms with E-state index in [4.69, 9.17) is 10.5 Å². The maximum atomic E-state index is 6.40. The molecule has 102 valence electrons. The first kappa shape index (κ1) is 13.5. The monoisotopic (exact) mass is 260 g/mol. The topological polar surface area (TPSA) is 66.0 Å². The van der Waals surface area contributed by atoms with Crippen LogP contribution in [0.1, 0.15) is 42.8 Å². The van der Waals surface area contributed by atoms with Gasteiger partial charge in [-0.2, -0.15) is 5.10 Å². The van der Waals surface area contributed by atoms with Crippen LogP contribution in [0.15, 0.2) is 24.7 Å². The van der Waals surface area contributed by atoms with Crippen LogP contribution in [0.25, 0.3) is 0 Å². The van der Waals surface area contributed by atoms with Crippen molar-refractivity contribution >= 4 is 0 Å². The SMILES string of the molecule is COc1cnn(C(C)C)c1C(N)c1cnccc1C. The summed E-state index contributed by atoms with van der Waals surface area (Å²) >= 11 is 0. The van der Waals surface area contributed by atoms with E-state index in [0.29, 0.717) is 5.75 Å². The molecule has 0 aliphatic heterocycles. The number of nitrogens with two attached hydrogens (primary N) is 1. The van der Waals surface area contributed by atoms with Gasteiger partial charge in [-0.05, 0) is 38.0 Å². The van der Waals surface area contributed by atoms with E-state index >= 15 is 0 Å². The Labute approximate surface area is 113 Å². The van der Waals surface area contributed by atoms with Gasteiger partial charge < -0.3 is 10.5 Å². The smallest absolute Gasteiger partial charge is 0.161 e. The van der Waals surface area contributed by atoms with Crippen molar-refractivity contribution in [3.8, 4) is 5.75 Å². The molecule has 0 saturated heterocycles. The molecule has 0 bridgehead atoms. The number of rotatable bonds is 4. The predicted octanol–water partition coefficient (Wildman–Crippen LogP) is 2.22. The summed E-state index contributed by atoms with van der Waals surface area (Å²) < 4.78 is 7.27. The van der Waals surface area contributed by atoms with Gasteiger partial charge in [-0.3, -0.25) is 9.67 Å². The first-order chi connectivity index (χ1) is 9.06. The van der Waals surface area contributed by atoms with Gasteiger partial charge >= 0.3 is 0 Å². The average molecular weight is 260 g/mol. The fourth-order valence-electron chi connectivity index (χ4n) is 2.17. The van der Waals surface area contributed by atoms with Crippen molar-refractivity contribution in [1.29, 1.82) is 0 Å². The Balaban J connectivity index is 2.52. The maximum absolute atomic E-state index is 6.40. The fourth-order valence-corrected chi connectivity index (χ4v) is 2.17. The summed E-state index contributed by atoms with van der Waals surface area (Å²) in [5.41, 5.74) is 9.38. The lowest BCUT2D eigenvalue weighted by molar-refractivity contribution is 0.400. The standard InChI is InChI=1S/C14H20N4O/c1-9(2)18-14(12(19-4)8-17-18)13(15)11-7-16-6-5-10(11)3/h5-9,13H,15H2,1-4H3. The fraction of sp³-hybridized carbons (Fsp3) is 0.429. The van der Waals surface area contributed by atoms with Gasteiger partial charge in [-0.15, -0.1) is 0 Å². The van der Waals surface area contributed by atoms with E-state index in [1.54, 1.807) is 25.7 Å². The molecule has 0 saturated carbocycles. The molecular formula is C14H20N4O. The number of nitrogens with zero attached hydrogens (tertiary/aromatic N) is 3. The third-order valence-electron chi connectivity index (χ3n) is 3.22. The molecule has 2 aromatic rings. The van der Waals surface area contributed by atoms with Crippen LogP contribution < -0.4 is 10.5 Å². The second-order valence-corrected chi connectivity index (χ2v) is 4.85. The quantitative estimate of drug-likeness (QED) is 0.915. The Morgan fingerprint density at radius 2 is 2.05 bits per heavy atom. The number of aromatic nitrogens is 3. The average Bonchev–Trinajstić information content (AvgIpc) is 2.82. The summed E-state index contributed by atoms with van der Waals surface area (Å²) in [6, 6.07) is 1.88. The number of hydrogen-bond acceptors (Lipinski definition) is 4. The zero-order chi connectivity index (χ0) is 14.0. The molecule has 0 radical (unpaired) electrons. The Morgan fingerprint density at radius 1 is 1.32 bits per heavy atom. The molecule has 2 N–H and O–H groups in total. The first-order valence-electron chi connectivity index (χ1n) is 6.33. The molecule has 0 fully saturated rings. The lowest BCUT2D eigenvalue weighted by atomic mass is 10.0.